The van der Waals surface area contributed by atoms with Gasteiger partial charge in [-0.1, -0.05) is 6.07 Å². The molecule has 1 N–H and O–H groups in total. The van der Waals surface area contributed by atoms with Crippen molar-refractivity contribution in [3.8, 4) is 0 Å². The van der Waals surface area contributed by atoms with Gasteiger partial charge in [-0.25, -0.2) is 4.98 Å². The lowest BCUT2D eigenvalue weighted by molar-refractivity contribution is -0.913. The van der Waals surface area contributed by atoms with Crippen LogP contribution in [0.4, 0.5) is 0 Å². The van der Waals surface area contributed by atoms with Gasteiger partial charge in [-0.15, -0.1) is 0 Å². The van der Waals surface area contributed by atoms with E-state index in [1.807, 2.05) is 32.0 Å². The average Bonchev–Trinajstić information content (AvgIpc) is 2.31. The van der Waals surface area contributed by atoms with Crippen molar-refractivity contribution in [2.24, 2.45) is 0 Å². The third-order valence-corrected chi connectivity index (χ3v) is 3.86. The predicted molar refractivity (Wildman–Crippen MR) is 72.9 cm³/mol. The Morgan fingerprint density at radius 3 is 2.18 bits per heavy atom. The second-order valence-corrected chi connectivity index (χ2v) is 4.94. The molecule has 0 bridgehead atoms. The molecule has 0 radical (unpaired) electrons. The Labute approximate surface area is 117 Å². The zero-order chi connectivity index (χ0) is 12.8. The maximum atomic E-state index is 8.97. The standard InChI is InChI=1S/C6H7BrNO.C6H6BrN/c1-5-3-2-4-8(9)6(5)7;1-5-3-2-4-8-6(5)7/h2-4,9H,1H3;2-4H,1H3/q+1;. The normalized spacial score (nSPS) is 9.41. The minimum Gasteiger partial charge on any atom is -0.284 e. The van der Waals surface area contributed by atoms with Crippen molar-refractivity contribution in [1.29, 1.82) is 0 Å². The quantitative estimate of drug-likeness (QED) is 0.444. The third-order valence-electron chi connectivity index (χ3n) is 2.05. The van der Waals surface area contributed by atoms with Gasteiger partial charge in [-0.2, -0.15) is 0 Å². The van der Waals surface area contributed by atoms with Crippen molar-refractivity contribution in [2.75, 3.05) is 0 Å². The molecule has 2 heterocycles. The highest BCUT2D eigenvalue weighted by atomic mass is 79.9. The molecule has 2 aromatic heterocycles. The van der Waals surface area contributed by atoms with Gasteiger partial charge in [0.1, 0.15) is 4.60 Å². The highest BCUT2D eigenvalue weighted by molar-refractivity contribution is 9.10. The van der Waals surface area contributed by atoms with Gasteiger partial charge in [-0.05, 0) is 47.5 Å². The van der Waals surface area contributed by atoms with Crippen LogP contribution >= 0.6 is 31.9 Å². The largest absolute Gasteiger partial charge is 0.301 e. The van der Waals surface area contributed by atoms with Crippen molar-refractivity contribution >= 4 is 31.9 Å². The number of halogens is 2. The molecule has 0 unspecified atom stereocenters. The third kappa shape index (κ3) is 4.44. The first-order valence-electron chi connectivity index (χ1n) is 4.95. The molecule has 2 rings (SSSR count). The summed E-state index contributed by atoms with van der Waals surface area (Å²) < 4.78 is 2.67. The Bertz CT molecular complexity index is 462. The molecule has 90 valence electrons. The molecule has 0 atom stereocenters. The van der Waals surface area contributed by atoms with Crippen molar-refractivity contribution in [3.05, 3.63) is 57.0 Å². The van der Waals surface area contributed by atoms with E-state index >= 15 is 0 Å². The molecule has 0 fully saturated rings. The molecule has 0 aliphatic heterocycles. The van der Waals surface area contributed by atoms with Crippen LogP contribution < -0.4 is 4.73 Å². The fourth-order valence-electron chi connectivity index (χ4n) is 1.05. The second-order valence-electron chi connectivity index (χ2n) is 3.44. The molecule has 0 saturated heterocycles. The molecule has 0 saturated carbocycles. The number of hydrogen-bond acceptors (Lipinski definition) is 2. The van der Waals surface area contributed by atoms with Gasteiger partial charge in [0.05, 0.1) is 0 Å². The molecular formula is C12H13Br2N2O+. The topological polar surface area (TPSA) is 37.0 Å². The number of aromatic nitrogens is 2. The van der Waals surface area contributed by atoms with E-state index in [0.29, 0.717) is 4.60 Å². The zero-order valence-electron chi connectivity index (χ0n) is 9.56. The Hall–Kier alpha value is -0.940. The Kier molecular flexibility index (Phi) is 5.58. The molecule has 5 heteroatoms. The summed E-state index contributed by atoms with van der Waals surface area (Å²) in [5.74, 6) is 0. The van der Waals surface area contributed by atoms with Crippen LogP contribution in [0.2, 0.25) is 0 Å². The SMILES string of the molecule is Cc1ccc[n+](O)c1Br.Cc1cccnc1Br. The van der Waals surface area contributed by atoms with E-state index in [4.69, 9.17) is 5.21 Å². The fourth-order valence-corrected chi connectivity index (χ4v) is 1.55. The van der Waals surface area contributed by atoms with E-state index in [9.17, 15) is 0 Å². The summed E-state index contributed by atoms with van der Waals surface area (Å²) in [6, 6.07) is 7.62. The molecule has 17 heavy (non-hydrogen) atoms. The van der Waals surface area contributed by atoms with E-state index in [-0.39, 0.29) is 0 Å². The van der Waals surface area contributed by atoms with Gasteiger partial charge < -0.3 is 0 Å². The molecule has 0 spiro atoms. The first kappa shape index (κ1) is 14.1. The first-order chi connectivity index (χ1) is 8.02. The van der Waals surface area contributed by atoms with Gasteiger partial charge in [0, 0.05) is 38.5 Å². The molecule has 2 aromatic rings. The second kappa shape index (κ2) is 6.71. The van der Waals surface area contributed by atoms with Crippen molar-refractivity contribution in [3.63, 3.8) is 0 Å². The number of nitrogens with zero attached hydrogens (tertiary/aromatic N) is 2. The number of pyridine rings is 2. The van der Waals surface area contributed by atoms with Gasteiger partial charge in [0.25, 0.3) is 0 Å². The molecule has 0 aliphatic rings. The van der Waals surface area contributed by atoms with Gasteiger partial charge >= 0.3 is 4.60 Å². The van der Waals surface area contributed by atoms with Crippen LogP contribution in [0.1, 0.15) is 11.1 Å². The molecule has 0 amide bonds. The highest BCUT2D eigenvalue weighted by Gasteiger charge is 2.06. The van der Waals surface area contributed by atoms with E-state index in [2.05, 4.69) is 36.8 Å². The minimum absolute atomic E-state index is 0.699. The number of rotatable bonds is 0. The summed E-state index contributed by atoms with van der Waals surface area (Å²) in [6.07, 6.45) is 3.33. The summed E-state index contributed by atoms with van der Waals surface area (Å²) in [5.41, 5.74) is 2.19. The summed E-state index contributed by atoms with van der Waals surface area (Å²) in [4.78, 5) is 4.00. The summed E-state index contributed by atoms with van der Waals surface area (Å²) in [6.45, 7) is 3.92. The predicted octanol–water partition coefficient (Wildman–Crippen LogP) is 3.43. The lowest BCUT2D eigenvalue weighted by Crippen LogP contribution is -2.31. The van der Waals surface area contributed by atoms with E-state index in [1.165, 1.54) is 5.56 Å². The van der Waals surface area contributed by atoms with Crippen LogP contribution in [0.25, 0.3) is 0 Å². The van der Waals surface area contributed by atoms with Crippen molar-refractivity contribution in [2.45, 2.75) is 13.8 Å². The van der Waals surface area contributed by atoms with Gasteiger partial charge in [0.15, 0.2) is 0 Å². The molecule has 3 nitrogen and oxygen atoms in total. The number of aryl methyl sites for hydroxylation is 2. The van der Waals surface area contributed by atoms with Gasteiger partial charge in [-0.3, -0.25) is 5.21 Å². The maximum Gasteiger partial charge on any atom is 0.301 e. The minimum atomic E-state index is 0.699. The van der Waals surface area contributed by atoms with Crippen LogP contribution in [0.5, 0.6) is 0 Å². The Morgan fingerprint density at radius 2 is 1.76 bits per heavy atom. The molecular weight excluding hydrogens is 348 g/mol. The van der Waals surface area contributed by atoms with Crippen LogP contribution in [-0.2, 0) is 0 Å². The number of hydrogen-bond donors (Lipinski definition) is 1. The molecule has 0 aromatic carbocycles. The van der Waals surface area contributed by atoms with E-state index < -0.39 is 0 Å². The van der Waals surface area contributed by atoms with Gasteiger partial charge in [0.2, 0.25) is 6.20 Å². The zero-order valence-corrected chi connectivity index (χ0v) is 12.7. The van der Waals surface area contributed by atoms with Crippen molar-refractivity contribution in [1.82, 2.24) is 4.98 Å². The monoisotopic (exact) mass is 359 g/mol. The highest BCUT2D eigenvalue weighted by Crippen LogP contribution is 2.09. The van der Waals surface area contributed by atoms with E-state index in [0.717, 1.165) is 14.9 Å². The van der Waals surface area contributed by atoms with Crippen LogP contribution in [0.3, 0.4) is 0 Å². The summed E-state index contributed by atoms with van der Waals surface area (Å²) in [5, 5.41) is 8.97. The Balaban J connectivity index is 0.000000171. The lowest BCUT2D eigenvalue weighted by atomic mass is 10.3. The van der Waals surface area contributed by atoms with Crippen LogP contribution in [-0.4, -0.2) is 10.2 Å². The molecule has 0 aliphatic carbocycles. The fraction of sp³-hybridized carbons (Fsp3) is 0.167. The smallest absolute Gasteiger partial charge is 0.284 e. The first-order valence-corrected chi connectivity index (χ1v) is 6.54. The van der Waals surface area contributed by atoms with Crippen LogP contribution in [0, 0.1) is 13.8 Å². The van der Waals surface area contributed by atoms with Crippen LogP contribution in [0.15, 0.2) is 45.9 Å². The van der Waals surface area contributed by atoms with Crippen molar-refractivity contribution < 1.29 is 9.94 Å². The lowest BCUT2D eigenvalue weighted by Gasteiger charge is -1.90. The maximum absolute atomic E-state index is 8.97. The van der Waals surface area contributed by atoms with E-state index in [1.54, 1.807) is 18.5 Å². The average molecular weight is 361 g/mol. The Morgan fingerprint density at radius 1 is 1.12 bits per heavy atom. The summed E-state index contributed by atoms with van der Waals surface area (Å²) in [7, 11) is 0. The summed E-state index contributed by atoms with van der Waals surface area (Å²) >= 11 is 6.48.